The van der Waals surface area contributed by atoms with Gasteiger partial charge in [0, 0.05) is 6.21 Å². The first-order chi connectivity index (χ1) is 7.61. The maximum Gasteiger partial charge on any atom is 0.321 e. The zero-order valence-corrected chi connectivity index (χ0v) is 8.00. The fourth-order valence-electron chi connectivity index (χ4n) is 1.36. The highest BCUT2D eigenvalue weighted by Gasteiger charge is 2.35. The summed E-state index contributed by atoms with van der Waals surface area (Å²) in [5, 5.41) is 13.0. The summed E-state index contributed by atoms with van der Waals surface area (Å²) >= 11 is 0. The summed E-state index contributed by atoms with van der Waals surface area (Å²) in [5.74, 6) is -4.02. The van der Waals surface area contributed by atoms with E-state index in [1.807, 2.05) is 0 Å². The van der Waals surface area contributed by atoms with Crippen LogP contribution < -0.4 is 5.01 Å². The van der Waals surface area contributed by atoms with Crippen LogP contribution in [0.25, 0.3) is 0 Å². The van der Waals surface area contributed by atoms with Gasteiger partial charge in [0.1, 0.15) is 11.5 Å². The Bertz CT molecular complexity index is 487. The first-order valence-electron chi connectivity index (χ1n) is 4.46. The van der Waals surface area contributed by atoms with E-state index in [1.165, 1.54) is 24.3 Å². The second-order valence-electron chi connectivity index (χ2n) is 3.18. The molecule has 1 aromatic rings. The summed E-state index contributed by atoms with van der Waals surface area (Å²) in [5.41, 5.74) is -0.0486. The number of hydrazone groups is 1. The highest BCUT2D eigenvalue weighted by Crippen LogP contribution is 2.23. The van der Waals surface area contributed by atoms with E-state index in [2.05, 4.69) is 5.10 Å². The lowest BCUT2D eigenvalue weighted by molar-refractivity contribution is -0.142. The van der Waals surface area contributed by atoms with Crippen molar-refractivity contribution in [3.05, 3.63) is 30.1 Å². The third-order valence-corrected chi connectivity index (χ3v) is 2.15. The molecule has 0 unspecified atom stereocenters. The van der Waals surface area contributed by atoms with E-state index in [0.29, 0.717) is 0 Å². The van der Waals surface area contributed by atoms with Gasteiger partial charge in [-0.3, -0.25) is 9.59 Å². The Morgan fingerprint density at radius 2 is 2.12 bits per heavy atom. The molecule has 1 aromatic carbocycles. The largest absolute Gasteiger partial charge is 0.480 e. The summed E-state index contributed by atoms with van der Waals surface area (Å²) in [6.07, 6.45) is 0.983. The number of anilines is 1. The summed E-state index contributed by atoms with van der Waals surface area (Å²) in [7, 11) is 0. The molecule has 1 atom stereocenters. The molecule has 1 N–H and O–H groups in total. The lowest BCUT2D eigenvalue weighted by Crippen LogP contribution is -2.31. The number of para-hydroxylation sites is 1. The molecule has 0 saturated heterocycles. The van der Waals surface area contributed by atoms with Crippen molar-refractivity contribution in [2.75, 3.05) is 5.01 Å². The van der Waals surface area contributed by atoms with Gasteiger partial charge in [-0.2, -0.15) is 10.1 Å². The first-order valence-corrected chi connectivity index (χ1v) is 4.46. The van der Waals surface area contributed by atoms with Gasteiger partial charge in [-0.25, -0.2) is 4.39 Å². The average molecular weight is 222 g/mol. The normalized spacial score (nSPS) is 19.2. The van der Waals surface area contributed by atoms with Gasteiger partial charge < -0.3 is 5.11 Å². The maximum absolute atomic E-state index is 13.3. The van der Waals surface area contributed by atoms with Gasteiger partial charge in [0.25, 0.3) is 5.91 Å². The number of aliphatic carboxylic acids is 1. The van der Waals surface area contributed by atoms with Crippen LogP contribution in [0, 0.1) is 11.7 Å². The number of amides is 1. The minimum atomic E-state index is -1.33. The molecule has 1 aliphatic heterocycles. The molecule has 0 aliphatic carbocycles. The summed E-state index contributed by atoms with van der Waals surface area (Å²) in [6, 6.07) is 5.54. The van der Waals surface area contributed by atoms with Crippen LogP contribution in [-0.2, 0) is 9.59 Å². The zero-order valence-electron chi connectivity index (χ0n) is 8.00. The minimum Gasteiger partial charge on any atom is -0.480 e. The molecule has 82 valence electrons. The Hall–Kier alpha value is -2.24. The van der Waals surface area contributed by atoms with Gasteiger partial charge in [0.15, 0.2) is 5.92 Å². The van der Waals surface area contributed by atoms with E-state index >= 15 is 0 Å². The summed E-state index contributed by atoms with van der Waals surface area (Å²) < 4.78 is 13.3. The Morgan fingerprint density at radius 1 is 1.44 bits per heavy atom. The van der Waals surface area contributed by atoms with Gasteiger partial charge >= 0.3 is 5.97 Å². The van der Waals surface area contributed by atoms with Crippen molar-refractivity contribution in [3.8, 4) is 0 Å². The number of benzene rings is 1. The fraction of sp³-hybridized carbons (Fsp3) is 0.100. The van der Waals surface area contributed by atoms with Crippen LogP contribution in [0.2, 0.25) is 0 Å². The molecule has 0 spiro atoms. The van der Waals surface area contributed by atoms with Crippen LogP contribution in [-0.4, -0.2) is 23.2 Å². The lowest BCUT2D eigenvalue weighted by Gasteiger charge is -2.13. The maximum atomic E-state index is 13.3. The van der Waals surface area contributed by atoms with Crippen molar-refractivity contribution in [1.29, 1.82) is 0 Å². The van der Waals surface area contributed by atoms with Crippen molar-refractivity contribution in [2.45, 2.75) is 0 Å². The van der Waals surface area contributed by atoms with E-state index in [0.717, 1.165) is 11.2 Å². The van der Waals surface area contributed by atoms with Crippen molar-refractivity contribution >= 4 is 23.8 Å². The highest BCUT2D eigenvalue weighted by atomic mass is 19.1. The molecule has 0 radical (unpaired) electrons. The molecule has 0 bridgehead atoms. The Kier molecular flexibility index (Phi) is 2.40. The molecule has 2 rings (SSSR count). The Morgan fingerprint density at radius 3 is 2.69 bits per heavy atom. The van der Waals surface area contributed by atoms with Crippen molar-refractivity contribution in [2.24, 2.45) is 11.0 Å². The number of carboxylic acids is 1. The third kappa shape index (κ3) is 1.54. The van der Waals surface area contributed by atoms with Gasteiger partial charge in [-0.15, -0.1) is 0 Å². The molecule has 1 aliphatic rings. The molecule has 5 nitrogen and oxygen atoms in total. The monoisotopic (exact) mass is 222 g/mol. The van der Waals surface area contributed by atoms with Gasteiger partial charge in [-0.1, -0.05) is 12.1 Å². The second kappa shape index (κ2) is 3.73. The number of halogens is 1. The number of carbonyl (C=O) groups excluding carboxylic acids is 1. The highest BCUT2D eigenvalue weighted by molar-refractivity contribution is 6.19. The quantitative estimate of drug-likeness (QED) is 0.754. The number of hydrogen-bond acceptors (Lipinski definition) is 3. The van der Waals surface area contributed by atoms with E-state index < -0.39 is 23.6 Å². The molecule has 0 saturated carbocycles. The van der Waals surface area contributed by atoms with Crippen LogP contribution in [0.1, 0.15) is 0 Å². The fourth-order valence-corrected chi connectivity index (χ4v) is 1.36. The molecule has 1 heterocycles. The van der Waals surface area contributed by atoms with Crippen molar-refractivity contribution < 1.29 is 19.1 Å². The Labute approximate surface area is 89.8 Å². The molecule has 16 heavy (non-hydrogen) atoms. The summed E-state index contributed by atoms with van der Waals surface area (Å²) in [4.78, 5) is 22.2. The van der Waals surface area contributed by atoms with Crippen LogP contribution in [0.4, 0.5) is 10.1 Å². The predicted molar refractivity (Wildman–Crippen MR) is 53.5 cm³/mol. The van der Waals surface area contributed by atoms with Crippen molar-refractivity contribution in [3.63, 3.8) is 0 Å². The first kappa shape index (κ1) is 10.3. The van der Waals surface area contributed by atoms with E-state index in [-0.39, 0.29) is 5.69 Å². The van der Waals surface area contributed by atoms with Gasteiger partial charge in [-0.05, 0) is 12.1 Å². The van der Waals surface area contributed by atoms with E-state index in [1.54, 1.807) is 0 Å². The number of hydrogen-bond donors (Lipinski definition) is 1. The lowest BCUT2D eigenvalue weighted by atomic mass is 10.1. The van der Waals surface area contributed by atoms with Crippen LogP contribution in [0.3, 0.4) is 0 Å². The zero-order chi connectivity index (χ0) is 11.7. The molecular formula is C10H7FN2O3. The van der Waals surface area contributed by atoms with Gasteiger partial charge in [0.2, 0.25) is 0 Å². The molecular weight excluding hydrogens is 215 g/mol. The van der Waals surface area contributed by atoms with Crippen LogP contribution in [0.15, 0.2) is 29.4 Å². The Balaban J connectivity index is 2.33. The molecule has 0 fully saturated rings. The summed E-state index contributed by atoms with van der Waals surface area (Å²) in [6.45, 7) is 0. The molecule has 1 amide bonds. The van der Waals surface area contributed by atoms with Crippen LogP contribution >= 0.6 is 0 Å². The number of carbonyl (C=O) groups is 2. The van der Waals surface area contributed by atoms with Gasteiger partial charge in [0.05, 0.1) is 0 Å². The average Bonchev–Trinajstić information content (AvgIpc) is 2.61. The number of nitrogens with zero attached hydrogens (tertiary/aromatic N) is 2. The standard InChI is InChI=1S/C10H7FN2O3/c11-7-3-1-2-4-8(7)13-9(14)6(5-12-13)10(15)16/h1-6H,(H,15,16)/t6-/m1/s1. The smallest absolute Gasteiger partial charge is 0.321 e. The number of rotatable bonds is 2. The van der Waals surface area contributed by atoms with Crippen molar-refractivity contribution in [1.82, 2.24) is 0 Å². The SMILES string of the molecule is O=C(O)[C@@H]1C=NN(c2ccccc2F)C1=O. The topological polar surface area (TPSA) is 70.0 Å². The van der Waals surface area contributed by atoms with E-state index in [4.69, 9.17) is 5.11 Å². The minimum absolute atomic E-state index is 0.0486. The number of carboxylic acid groups (broad SMARTS) is 1. The predicted octanol–water partition coefficient (Wildman–Crippen LogP) is 0.859. The van der Waals surface area contributed by atoms with Crippen LogP contribution in [0.5, 0.6) is 0 Å². The third-order valence-electron chi connectivity index (χ3n) is 2.15. The molecule has 0 aromatic heterocycles. The molecule has 6 heteroatoms. The second-order valence-corrected chi connectivity index (χ2v) is 3.18. The van der Waals surface area contributed by atoms with E-state index in [9.17, 15) is 14.0 Å².